The number of halogens is 2. The molecule has 1 aliphatic rings. The highest BCUT2D eigenvalue weighted by Crippen LogP contribution is 2.39. The van der Waals surface area contributed by atoms with Gasteiger partial charge in [-0.3, -0.25) is 4.79 Å². The summed E-state index contributed by atoms with van der Waals surface area (Å²) in [5.74, 6) is 0.342. The third-order valence-electron chi connectivity index (χ3n) is 4.51. The molecule has 0 saturated heterocycles. The average molecular weight is 378 g/mol. The summed E-state index contributed by atoms with van der Waals surface area (Å²) in [5, 5.41) is 0. The first-order valence-corrected chi connectivity index (χ1v) is 8.72. The number of ether oxygens (including phenoxy) is 2. The van der Waals surface area contributed by atoms with Crippen LogP contribution in [-0.2, 0) is 6.61 Å². The maximum Gasteiger partial charge on any atom is 0.231 e. The van der Waals surface area contributed by atoms with Crippen LogP contribution in [0.5, 0.6) is 11.5 Å². The van der Waals surface area contributed by atoms with Crippen LogP contribution in [0.1, 0.15) is 27.0 Å². The summed E-state index contributed by atoms with van der Waals surface area (Å²) < 4.78 is 37.6. The standard InChI is InChI=1S/C23H16F2O3/c1-14-20(27-13-16-4-8-18(25)9-5-16)11-10-19-22(26)21(28-23(14)19)12-15-2-6-17(24)7-3-15/h2-12H,13H2,1H3/b21-12-. The predicted molar refractivity (Wildman–Crippen MR) is 101 cm³/mol. The van der Waals surface area contributed by atoms with Crippen molar-refractivity contribution in [2.75, 3.05) is 0 Å². The van der Waals surface area contributed by atoms with E-state index in [-0.39, 0.29) is 29.8 Å². The molecule has 0 spiro atoms. The fourth-order valence-corrected chi connectivity index (χ4v) is 2.98. The fourth-order valence-electron chi connectivity index (χ4n) is 2.98. The first-order valence-electron chi connectivity index (χ1n) is 8.72. The summed E-state index contributed by atoms with van der Waals surface area (Å²) in [7, 11) is 0. The molecule has 5 heteroatoms. The van der Waals surface area contributed by atoms with Crippen molar-refractivity contribution in [1.29, 1.82) is 0 Å². The van der Waals surface area contributed by atoms with Gasteiger partial charge < -0.3 is 9.47 Å². The minimum absolute atomic E-state index is 0.181. The van der Waals surface area contributed by atoms with E-state index in [9.17, 15) is 13.6 Å². The molecule has 0 aliphatic carbocycles. The third-order valence-corrected chi connectivity index (χ3v) is 4.51. The first-order chi connectivity index (χ1) is 13.5. The Morgan fingerprint density at radius 2 is 1.57 bits per heavy atom. The Morgan fingerprint density at radius 3 is 2.25 bits per heavy atom. The van der Waals surface area contributed by atoms with Crippen LogP contribution in [-0.4, -0.2) is 5.78 Å². The van der Waals surface area contributed by atoms with Gasteiger partial charge in [0.25, 0.3) is 0 Å². The summed E-state index contributed by atoms with van der Waals surface area (Å²) in [5.41, 5.74) is 2.66. The molecule has 0 saturated carbocycles. The highest BCUT2D eigenvalue weighted by molar-refractivity contribution is 6.14. The molecule has 0 unspecified atom stereocenters. The van der Waals surface area contributed by atoms with Crippen molar-refractivity contribution in [1.82, 2.24) is 0 Å². The van der Waals surface area contributed by atoms with Crippen molar-refractivity contribution in [2.24, 2.45) is 0 Å². The molecule has 140 valence electrons. The molecule has 3 nitrogen and oxygen atoms in total. The largest absolute Gasteiger partial charge is 0.488 e. The van der Waals surface area contributed by atoms with Crippen molar-refractivity contribution >= 4 is 11.9 Å². The van der Waals surface area contributed by atoms with E-state index < -0.39 is 0 Å². The first kappa shape index (κ1) is 17.9. The number of rotatable bonds is 4. The fraction of sp³-hybridized carbons (Fsp3) is 0.0870. The number of carbonyl (C=O) groups is 1. The summed E-state index contributed by atoms with van der Waals surface area (Å²) in [6, 6.07) is 15.2. The number of hydrogen-bond acceptors (Lipinski definition) is 3. The monoisotopic (exact) mass is 378 g/mol. The predicted octanol–water partition coefficient (Wildman–Crippen LogP) is 5.47. The lowest BCUT2D eigenvalue weighted by molar-refractivity contribution is 0.101. The van der Waals surface area contributed by atoms with Gasteiger partial charge in [0.05, 0.1) is 5.56 Å². The molecule has 3 aromatic carbocycles. The van der Waals surface area contributed by atoms with Crippen LogP contribution in [0.3, 0.4) is 0 Å². The Kier molecular flexibility index (Phi) is 4.65. The van der Waals surface area contributed by atoms with E-state index in [2.05, 4.69) is 0 Å². The van der Waals surface area contributed by atoms with E-state index in [4.69, 9.17) is 9.47 Å². The summed E-state index contributed by atoms with van der Waals surface area (Å²) in [6.45, 7) is 2.08. The Bertz CT molecular complexity index is 1070. The molecule has 0 amide bonds. The van der Waals surface area contributed by atoms with Crippen LogP contribution in [0.15, 0.2) is 66.4 Å². The van der Waals surface area contributed by atoms with Gasteiger partial charge >= 0.3 is 0 Å². The van der Waals surface area contributed by atoms with Crippen molar-refractivity contribution < 1.29 is 23.0 Å². The van der Waals surface area contributed by atoms with Crippen LogP contribution < -0.4 is 9.47 Å². The second kappa shape index (κ2) is 7.27. The van der Waals surface area contributed by atoms with E-state index in [1.54, 1.807) is 42.5 Å². The Labute approximate surface area is 160 Å². The summed E-state index contributed by atoms with van der Waals surface area (Å²) in [6.07, 6.45) is 1.58. The molecule has 0 N–H and O–H groups in total. The summed E-state index contributed by atoms with van der Waals surface area (Å²) in [4.78, 5) is 12.6. The number of allylic oxidation sites excluding steroid dienone is 1. The van der Waals surface area contributed by atoms with Gasteiger partial charge in [0, 0.05) is 5.56 Å². The van der Waals surface area contributed by atoms with Gasteiger partial charge in [0.15, 0.2) is 5.76 Å². The molecule has 0 radical (unpaired) electrons. The summed E-state index contributed by atoms with van der Waals surface area (Å²) >= 11 is 0. The van der Waals surface area contributed by atoms with E-state index in [0.29, 0.717) is 28.2 Å². The topological polar surface area (TPSA) is 35.5 Å². The number of Topliss-reactive ketones (excluding diaryl/α,β-unsaturated/α-hetero) is 1. The van der Waals surface area contributed by atoms with Crippen LogP contribution in [0.2, 0.25) is 0 Å². The molecule has 0 bridgehead atoms. The van der Waals surface area contributed by atoms with Crippen molar-refractivity contribution in [2.45, 2.75) is 13.5 Å². The molecule has 1 aliphatic heterocycles. The quantitative estimate of drug-likeness (QED) is 0.565. The zero-order valence-electron chi connectivity index (χ0n) is 15.0. The molecule has 0 aromatic heterocycles. The molecule has 0 fully saturated rings. The van der Waals surface area contributed by atoms with Crippen LogP contribution in [0, 0.1) is 18.6 Å². The molecule has 3 aromatic rings. The van der Waals surface area contributed by atoms with Gasteiger partial charge in [0.2, 0.25) is 5.78 Å². The van der Waals surface area contributed by atoms with E-state index in [1.807, 2.05) is 6.92 Å². The number of fused-ring (bicyclic) bond motifs is 1. The minimum atomic E-state index is -0.345. The van der Waals surface area contributed by atoms with Gasteiger partial charge in [-0.2, -0.15) is 0 Å². The van der Waals surface area contributed by atoms with Gasteiger partial charge in [-0.25, -0.2) is 8.78 Å². The number of carbonyl (C=O) groups excluding carboxylic acids is 1. The van der Waals surface area contributed by atoms with E-state index in [1.165, 1.54) is 24.3 Å². The average Bonchev–Trinajstić information content (AvgIpc) is 3.01. The SMILES string of the molecule is Cc1c(OCc2ccc(F)cc2)ccc2c1O/C(=C\c1ccc(F)cc1)C2=O. The number of benzene rings is 3. The molecule has 28 heavy (non-hydrogen) atoms. The van der Waals surface area contributed by atoms with Crippen molar-refractivity contribution in [3.05, 3.63) is 100 Å². The zero-order valence-corrected chi connectivity index (χ0v) is 15.0. The molecule has 4 rings (SSSR count). The van der Waals surface area contributed by atoms with Crippen LogP contribution in [0.4, 0.5) is 8.78 Å². The van der Waals surface area contributed by atoms with Crippen LogP contribution in [0.25, 0.3) is 6.08 Å². The molecule has 1 heterocycles. The van der Waals surface area contributed by atoms with Gasteiger partial charge in [0.1, 0.15) is 29.7 Å². The normalized spacial score (nSPS) is 14.1. The number of hydrogen-bond donors (Lipinski definition) is 0. The van der Waals surface area contributed by atoms with Gasteiger partial charge in [-0.15, -0.1) is 0 Å². The lowest BCUT2D eigenvalue weighted by Crippen LogP contribution is -1.98. The highest BCUT2D eigenvalue weighted by atomic mass is 19.1. The third kappa shape index (κ3) is 3.51. The van der Waals surface area contributed by atoms with Crippen LogP contribution >= 0.6 is 0 Å². The van der Waals surface area contributed by atoms with Gasteiger partial charge in [-0.05, 0) is 60.5 Å². The second-order valence-electron chi connectivity index (χ2n) is 6.47. The lowest BCUT2D eigenvalue weighted by atomic mass is 10.1. The maximum absolute atomic E-state index is 13.1. The second-order valence-corrected chi connectivity index (χ2v) is 6.47. The Morgan fingerprint density at radius 1 is 0.929 bits per heavy atom. The molecular formula is C23H16F2O3. The lowest BCUT2D eigenvalue weighted by Gasteiger charge is -2.11. The zero-order chi connectivity index (χ0) is 19.7. The smallest absolute Gasteiger partial charge is 0.231 e. The van der Waals surface area contributed by atoms with Gasteiger partial charge in [-0.1, -0.05) is 24.3 Å². The van der Waals surface area contributed by atoms with Crippen molar-refractivity contribution in [3.63, 3.8) is 0 Å². The van der Waals surface area contributed by atoms with E-state index in [0.717, 1.165) is 5.56 Å². The Hall–Kier alpha value is -3.47. The Balaban J connectivity index is 1.56. The minimum Gasteiger partial charge on any atom is -0.488 e. The van der Waals surface area contributed by atoms with Crippen molar-refractivity contribution in [3.8, 4) is 11.5 Å². The molecule has 0 atom stereocenters. The molecular weight excluding hydrogens is 362 g/mol. The maximum atomic E-state index is 13.1. The highest BCUT2D eigenvalue weighted by Gasteiger charge is 2.30. The number of ketones is 1. The van der Waals surface area contributed by atoms with E-state index >= 15 is 0 Å².